The number of rotatable bonds is 2. The van der Waals surface area contributed by atoms with Gasteiger partial charge in [0.2, 0.25) is 5.91 Å². The van der Waals surface area contributed by atoms with Crippen molar-refractivity contribution < 1.29 is 14.0 Å². The molecule has 1 saturated heterocycles. The molecule has 0 aliphatic carbocycles. The van der Waals surface area contributed by atoms with Crippen LogP contribution in [0.2, 0.25) is 0 Å². The van der Waals surface area contributed by atoms with Gasteiger partial charge in [-0.15, -0.1) is 0 Å². The number of halogens is 1. The molecule has 1 atom stereocenters. The van der Waals surface area contributed by atoms with E-state index in [0.29, 0.717) is 13.0 Å². The lowest BCUT2D eigenvalue weighted by Gasteiger charge is -2.21. The molecule has 1 aromatic carbocycles. The van der Waals surface area contributed by atoms with Crippen LogP contribution in [0.25, 0.3) is 0 Å². The lowest BCUT2D eigenvalue weighted by Crippen LogP contribution is -2.38. The first-order chi connectivity index (χ1) is 8.83. The fourth-order valence-electron chi connectivity index (χ4n) is 2.21. The summed E-state index contributed by atoms with van der Waals surface area (Å²) in [5.41, 5.74) is 10.2. The van der Waals surface area contributed by atoms with E-state index in [1.54, 1.807) is 6.92 Å². The van der Waals surface area contributed by atoms with Gasteiger partial charge >= 0.3 is 0 Å². The van der Waals surface area contributed by atoms with Gasteiger partial charge in [-0.25, -0.2) is 4.39 Å². The average Bonchev–Trinajstić information content (AvgIpc) is 2.73. The third-order valence-electron chi connectivity index (χ3n) is 3.58. The summed E-state index contributed by atoms with van der Waals surface area (Å²) in [6.45, 7) is 2.31. The molecule has 0 bridgehead atoms. The van der Waals surface area contributed by atoms with Crippen molar-refractivity contribution >= 4 is 17.5 Å². The third kappa shape index (κ3) is 2.38. The molecule has 1 aliphatic heterocycles. The molecule has 2 amide bonds. The van der Waals surface area contributed by atoms with Gasteiger partial charge in [0.1, 0.15) is 5.82 Å². The molecule has 4 N–H and O–H groups in total. The molecular weight excluding hydrogens is 249 g/mol. The lowest BCUT2D eigenvalue weighted by molar-refractivity contribution is -0.126. The van der Waals surface area contributed by atoms with Crippen molar-refractivity contribution in [1.29, 1.82) is 0 Å². The Labute approximate surface area is 110 Å². The van der Waals surface area contributed by atoms with Crippen molar-refractivity contribution in [3.05, 3.63) is 29.6 Å². The van der Waals surface area contributed by atoms with E-state index in [-0.39, 0.29) is 17.8 Å². The lowest BCUT2D eigenvalue weighted by atomic mass is 9.89. The summed E-state index contributed by atoms with van der Waals surface area (Å²) in [7, 11) is 0. The summed E-state index contributed by atoms with van der Waals surface area (Å²) in [6, 6.07) is 3.93. The van der Waals surface area contributed by atoms with E-state index >= 15 is 0 Å². The molecule has 102 valence electrons. The number of carbonyl (C=O) groups excluding carboxylic acids is 2. The standard InChI is InChI=1S/C13H16FN3O2/c1-13(12(16)19)4-5-17(7-13)11(18)9-3-2-8(15)6-10(9)14/h2-3,6H,4-5,7,15H2,1H3,(H2,16,19). The summed E-state index contributed by atoms with van der Waals surface area (Å²) in [5, 5.41) is 0. The molecule has 1 heterocycles. The van der Waals surface area contributed by atoms with Crippen LogP contribution in [0.5, 0.6) is 0 Å². The van der Waals surface area contributed by atoms with Gasteiger partial charge in [-0.05, 0) is 31.5 Å². The van der Waals surface area contributed by atoms with Crippen LogP contribution in [0.4, 0.5) is 10.1 Å². The first-order valence-electron chi connectivity index (χ1n) is 5.98. The van der Waals surface area contributed by atoms with Gasteiger partial charge in [0, 0.05) is 18.8 Å². The Morgan fingerprint density at radius 1 is 1.42 bits per heavy atom. The van der Waals surface area contributed by atoms with Crippen LogP contribution in [0.3, 0.4) is 0 Å². The second kappa shape index (κ2) is 4.53. The minimum absolute atomic E-state index is 0.0390. The number of amides is 2. The molecule has 6 heteroatoms. The highest BCUT2D eigenvalue weighted by atomic mass is 19.1. The second-order valence-electron chi connectivity index (χ2n) is 5.14. The number of anilines is 1. The largest absolute Gasteiger partial charge is 0.399 e. The van der Waals surface area contributed by atoms with Crippen LogP contribution in [0.1, 0.15) is 23.7 Å². The zero-order valence-electron chi connectivity index (χ0n) is 10.6. The molecule has 0 aromatic heterocycles. The fraction of sp³-hybridized carbons (Fsp3) is 0.385. The van der Waals surface area contributed by atoms with Crippen molar-refractivity contribution in [3.8, 4) is 0 Å². The molecule has 5 nitrogen and oxygen atoms in total. The Morgan fingerprint density at radius 3 is 2.63 bits per heavy atom. The molecule has 1 aliphatic rings. The molecule has 19 heavy (non-hydrogen) atoms. The topological polar surface area (TPSA) is 89.4 Å². The zero-order chi connectivity index (χ0) is 14.2. The van der Waals surface area contributed by atoms with Gasteiger partial charge in [-0.3, -0.25) is 9.59 Å². The maximum Gasteiger partial charge on any atom is 0.256 e. The fourth-order valence-corrected chi connectivity index (χ4v) is 2.21. The molecule has 0 spiro atoms. The Morgan fingerprint density at radius 2 is 2.11 bits per heavy atom. The minimum Gasteiger partial charge on any atom is -0.399 e. The van der Waals surface area contributed by atoms with Crippen LogP contribution in [-0.2, 0) is 4.79 Å². The van der Waals surface area contributed by atoms with Crippen LogP contribution in [-0.4, -0.2) is 29.8 Å². The minimum atomic E-state index is -0.736. The van der Waals surface area contributed by atoms with Gasteiger partial charge in [-0.2, -0.15) is 0 Å². The van der Waals surface area contributed by atoms with Crippen molar-refractivity contribution in [2.24, 2.45) is 11.1 Å². The average molecular weight is 265 g/mol. The Balaban J connectivity index is 2.20. The van der Waals surface area contributed by atoms with Crippen LogP contribution >= 0.6 is 0 Å². The van der Waals surface area contributed by atoms with Gasteiger partial charge in [-0.1, -0.05) is 0 Å². The van der Waals surface area contributed by atoms with E-state index in [1.807, 2.05) is 0 Å². The van der Waals surface area contributed by atoms with E-state index in [1.165, 1.54) is 17.0 Å². The molecular formula is C13H16FN3O2. The Kier molecular flexibility index (Phi) is 3.18. The maximum atomic E-state index is 13.7. The van der Waals surface area contributed by atoms with Crippen LogP contribution < -0.4 is 11.5 Å². The number of carbonyl (C=O) groups is 2. The number of likely N-dealkylation sites (tertiary alicyclic amines) is 1. The number of nitrogen functional groups attached to an aromatic ring is 1. The predicted octanol–water partition coefficient (Wildman–Crippen LogP) is 0.745. The Bertz CT molecular complexity index is 547. The van der Waals surface area contributed by atoms with Crippen molar-refractivity contribution in [1.82, 2.24) is 4.90 Å². The SMILES string of the molecule is CC1(C(N)=O)CCN(C(=O)c2ccc(N)cc2F)C1. The summed E-state index contributed by atoms with van der Waals surface area (Å²) < 4.78 is 13.7. The van der Waals surface area contributed by atoms with Gasteiger partial charge in [0.15, 0.2) is 0 Å². The quantitative estimate of drug-likeness (QED) is 0.773. The molecule has 2 rings (SSSR count). The summed E-state index contributed by atoms with van der Waals surface area (Å²) in [4.78, 5) is 25.0. The van der Waals surface area contributed by atoms with Crippen LogP contribution in [0, 0.1) is 11.2 Å². The highest BCUT2D eigenvalue weighted by molar-refractivity contribution is 5.95. The molecule has 1 unspecified atom stereocenters. The normalized spacial score (nSPS) is 22.5. The zero-order valence-corrected chi connectivity index (χ0v) is 10.6. The number of nitrogens with two attached hydrogens (primary N) is 2. The third-order valence-corrected chi connectivity index (χ3v) is 3.58. The van der Waals surface area contributed by atoms with Crippen molar-refractivity contribution in [2.75, 3.05) is 18.8 Å². The molecule has 0 radical (unpaired) electrons. The predicted molar refractivity (Wildman–Crippen MR) is 68.6 cm³/mol. The Hall–Kier alpha value is -2.11. The van der Waals surface area contributed by atoms with Gasteiger partial charge < -0.3 is 16.4 Å². The summed E-state index contributed by atoms with van der Waals surface area (Å²) in [6.07, 6.45) is 0.491. The van der Waals surface area contributed by atoms with Crippen molar-refractivity contribution in [2.45, 2.75) is 13.3 Å². The highest BCUT2D eigenvalue weighted by Gasteiger charge is 2.41. The molecule has 1 fully saturated rings. The number of primary amides is 1. The first kappa shape index (κ1) is 13.3. The van der Waals surface area contributed by atoms with Crippen molar-refractivity contribution in [3.63, 3.8) is 0 Å². The number of hydrogen-bond donors (Lipinski definition) is 2. The summed E-state index contributed by atoms with van der Waals surface area (Å²) in [5.74, 6) is -1.54. The van der Waals surface area contributed by atoms with Gasteiger partial charge in [0.05, 0.1) is 11.0 Å². The molecule has 0 saturated carbocycles. The van der Waals surface area contributed by atoms with Crippen LogP contribution in [0.15, 0.2) is 18.2 Å². The van der Waals surface area contributed by atoms with E-state index in [4.69, 9.17) is 11.5 Å². The van der Waals surface area contributed by atoms with E-state index in [0.717, 1.165) is 6.07 Å². The van der Waals surface area contributed by atoms with E-state index in [9.17, 15) is 14.0 Å². The maximum absolute atomic E-state index is 13.7. The second-order valence-corrected chi connectivity index (χ2v) is 5.14. The highest BCUT2D eigenvalue weighted by Crippen LogP contribution is 2.30. The van der Waals surface area contributed by atoms with Gasteiger partial charge in [0.25, 0.3) is 5.91 Å². The number of nitrogens with zero attached hydrogens (tertiary/aromatic N) is 1. The first-order valence-corrected chi connectivity index (χ1v) is 5.98. The number of benzene rings is 1. The summed E-state index contributed by atoms with van der Waals surface area (Å²) >= 11 is 0. The van der Waals surface area contributed by atoms with E-state index in [2.05, 4.69) is 0 Å². The number of hydrogen-bond acceptors (Lipinski definition) is 3. The monoisotopic (exact) mass is 265 g/mol. The molecule has 1 aromatic rings. The smallest absolute Gasteiger partial charge is 0.256 e. The van der Waals surface area contributed by atoms with E-state index < -0.39 is 23.0 Å².